The van der Waals surface area contributed by atoms with Crippen LogP contribution in [-0.4, -0.2) is 106 Å². The summed E-state index contributed by atoms with van der Waals surface area (Å²) in [5.74, 6) is -1.01. The zero-order valence-electron chi connectivity index (χ0n) is 29.5. The number of hydrogen-bond acceptors (Lipinski definition) is 5. The number of rotatable bonds is 8. The summed E-state index contributed by atoms with van der Waals surface area (Å²) in [6.07, 6.45) is 4.45. The summed E-state index contributed by atoms with van der Waals surface area (Å²) < 4.78 is 0. The lowest BCUT2D eigenvalue weighted by molar-refractivity contribution is -0.168. The molecule has 11 heteroatoms. The van der Waals surface area contributed by atoms with Gasteiger partial charge in [0.1, 0.15) is 0 Å². The molecule has 4 heterocycles. The maximum absolute atomic E-state index is 14.8. The molecule has 6 rings (SSSR count). The lowest BCUT2D eigenvalue weighted by Crippen LogP contribution is -2.66. The Morgan fingerprint density at radius 3 is 2.27 bits per heavy atom. The van der Waals surface area contributed by atoms with Crippen LogP contribution in [-0.2, 0) is 42.4 Å². The van der Waals surface area contributed by atoms with Gasteiger partial charge in [-0.25, -0.2) is 0 Å². The number of piperazine rings is 1. The molecule has 2 saturated heterocycles. The molecular formula is C37H52N6O5. The first-order valence-electron chi connectivity index (χ1n) is 17.8. The van der Waals surface area contributed by atoms with Crippen molar-refractivity contribution in [1.82, 2.24) is 29.9 Å². The molecular weight excluding hydrogens is 608 g/mol. The van der Waals surface area contributed by atoms with Crippen LogP contribution in [0, 0.1) is 17.8 Å². The highest BCUT2D eigenvalue weighted by molar-refractivity contribution is 5.93. The Morgan fingerprint density at radius 1 is 1.00 bits per heavy atom. The molecule has 1 aromatic heterocycles. The average molecular weight is 661 g/mol. The number of fused-ring (bicyclic) bond motifs is 5. The van der Waals surface area contributed by atoms with Crippen molar-refractivity contribution >= 4 is 40.4 Å². The van der Waals surface area contributed by atoms with E-state index in [1.807, 2.05) is 35.5 Å². The number of aromatic amines is 1. The van der Waals surface area contributed by atoms with Gasteiger partial charge in [-0.2, -0.15) is 0 Å². The summed E-state index contributed by atoms with van der Waals surface area (Å²) in [6.45, 7) is 10.2. The number of H-pyrrole nitrogens is 1. The maximum atomic E-state index is 14.8. The highest BCUT2D eigenvalue weighted by atomic mass is 16.2. The SMILES string of the molecule is CC[C@]12c3[nH]c4cc(CCC(=O)N(C)C)ccc4c3CCN1C(=O)[C@@H](CC(=O)NC(C)(C)C)C[C@@H]2C(=O)N1CCN(C(=O)C2CC2)CC1. The fourth-order valence-corrected chi connectivity index (χ4v) is 8.33. The predicted molar refractivity (Wildman–Crippen MR) is 183 cm³/mol. The van der Waals surface area contributed by atoms with E-state index in [0.717, 1.165) is 40.6 Å². The summed E-state index contributed by atoms with van der Waals surface area (Å²) in [7, 11) is 3.53. The predicted octanol–water partition coefficient (Wildman–Crippen LogP) is 3.20. The fraction of sp³-hybridized carbons (Fsp3) is 0.649. The topological polar surface area (TPSA) is 126 Å². The number of amides is 5. The molecule has 0 bridgehead atoms. The Hall–Kier alpha value is -3.89. The minimum Gasteiger partial charge on any atom is -0.356 e. The first-order valence-corrected chi connectivity index (χ1v) is 17.8. The number of piperidine rings is 1. The summed E-state index contributed by atoms with van der Waals surface area (Å²) in [6, 6.07) is 6.28. The highest BCUT2D eigenvalue weighted by Crippen LogP contribution is 2.52. The van der Waals surface area contributed by atoms with Crippen molar-refractivity contribution in [1.29, 1.82) is 0 Å². The second-order valence-electron chi connectivity index (χ2n) is 15.6. The van der Waals surface area contributed by atoms with E-state index in [1.54, 1.807) is 19.0 Å². The van der Waals surface area contributed by atoms with Gasteiger partial charge in [0.05, 0.1) is 11.5 Å². The van der Waals surface area contributed by atoms with E-state index in [0.29, 0.717) is 58.4 Å². The average Bonchev–Trinajstić information content (AvgIpc) is 3.83. The molecule has 48 heavy (non-hydrogen) atoms. The van der Waals surface area contributed by atoms with Crippen LogP contribution < -0.4 is 5.32 Å². The quantitative estimate of drug-likeness (QED) is 0.450. The summed E-state index contributed by atoms with van der Waals surface area (Å²) in [5.41, 5.74) is 2.72. The number of carbonyl (C=O) groups excluding carboxylic acids is 5. The first kappa shape index (κ1) is 34.0. The van der Waals surface area contributed by atoms with Gasteiger partial charge in [-0.1, -0.05) is 19.1 Å². The molecule has 3 aliphatic heterocycles. The zero-order valence-corrected chi connectivity index (χ0v) is 29.5. The molecule has 1 aliphatic carbocycles. The monoisotopic (exact) mass is 660 g/mol. The van der Waals surface area contributed by atoms with Gasteiger partial charge in [0, 0.05) is 93.6 Å². The van der Waals surface area contributed by atoms with E-state index in [1.165, 1.54) is 0 Å². The van der Waals surface area contributed by atoms with Crippen LogP contribution in [0.3, 0.4) is 0 Å². The standard InChI is InChI=1S/C37H52N6O5/c1-7-37-28(35(48)42-18-16-41(17-19-42)33(46)24-10-11-24)21-25(22-30(44)39-36(2,3)4)34(47)43(37)15-14-27-26-12-8-23(9-13-31(45)40(5)6)20-29(26)38-32(27)37/h8,12,20,24-25,28,38H,7,9-11,13-19,21-22H2,1-6H3,(H,39,44)/t25-,28-,37+/m1/s1. The number of aryl methyl sites for hydroxylation is 1. The molecule has 2 aromatic rings. The number of benzene rings is 1. The molecule has 0 unspecified atom stereocenters. The van der Waals surface area contributed by atoms with E-state index >= 15 is 0 Å². The van der Waals surface area contributed by atoms with Crippen LogP contribution in [0.2, 0.25) is 0 Å². The van der Waals surface area contributed by atoms with Gasteiger partial charge < -0.3 is 29.9 Å². The maximum Gasteiger partial charge on any atom is 0.228 e. The first-order chi connectivity index (χ1) is 22.7. The van der Waals surface area contributed by atoms with E-state index in [-0.39, 0.29) is 48.3 Å². The van der Waals surface area contributed by atoms with Crippen molar-refractivity contribution in [2.45, 2.75) is 90.1 Å². The third-order valence-corrected chi connectivity index (χ3v) is 10.9. The van der Waals surface area contributed by atoms with E-state index < -0.39 is 22.9 Å². The van der Waals surface area contributed by atoms with Gasteiger partial charge >= 0.3 is 0 Å². The third-order valence-electron chi connectivity index (χ3n) is 10.9. The Balaban J connectivity index is 1.35. The van der Waals surface area contributed by atoms with E-state index in [4.69, 9.17) is 0 Å². The highest BCUT2D eigenvalue weighted by Gasteiger charge is 2.59. The van der Waals surface area contributed by atoms with Crippen LogP contribution >= 0.6 is 0 Å². The Bertz CT molecular complexity index is 1610. The fourth-order valence-electron chi connectivity index (χ4n) is 8.33. The lowest BCUT2D eigenvalue weighted by Gasteiger charge is -2.56. The molecule has 5 amide bonds. The van der Waals surface area contributed by atoms with Gasteiger partial charge in [-0.15, -0.1) is 0 Å². The molecule has 2 N–H and O–H groups in total. The second kappa shape index (κ2) is 12.9. The van der Waals surface area contributed by atoms with Crippen molar-refractivity contribution in [3.05, 3.63) is 35.0 Å². The largest absolute Gasteiger partial charge is 0.356 e. The molecule has 3 fully saturated rings. The molecule has 0 spiro atoms. The minimum atomic E-state index is -0.889. The number of carbonyl (C=O) groups is 5. The van der Waals surface area contributed by atoms with Crippen molar-refractivity contribution in [2.75, 3.05) is 46.8 Å². The third kappa shape index (κ3) is 6.32. The van der Waals surface area contributed by atoms with Crippen molar-refractivity contribution in [3.63, 3.8) is 0 Å². The summed E-state index contributed by atoms with van der Waals surface area (Å²) in [4.78, 5) is 78.4. The minimum absolute atomic E-state index is 0.0107. The molecule has 3 atom stereocenters. The van der Waals surface area contributed by atoms with Crippen molar-refractivity contribution in [3.8, 4) is 0 Å². The molecule has 1 saturated carbocycles. The Labute approximate surface area is 283 Å². The molecule has 1 aromatic carbocycles. The van der Waals surface area contributed by atoms with Gasteiger partial charge in [-0.05, 0) is 76.5 Å². The van der Waals surface area contributed by atoms with Crippen LogP contribution in [0.4, 0.5) is 0 Å². The van der Waals surface area contributed by atoms with Gasteiger partial charge in [0.2, 0.25) is 29.5 Å². The van der Waals surface area contributed by atoms with Gasteiger partial charge in [-0.3, -0.25) is 24.0 Å². The summed E-state index contributed by atoms with van der Waals surface area (Å²) in [5, 5.41) is 4.09. The normalized spacial score (nSPS) is 24.3. The van der Waals surface area contributed by atoms with Crippen LogP contribution in [0.5, 0.6) is 0 Å². The number of aromatic nitrogens is 1. The molecule has 260 valence electrons. The summed E-state index contributed by atoms with van der Waals surface area (Å²) >= 11 is 0. The Morgan fingerprint density at radius 2 is 1.67 bits per heavy atom. The zero-order chi connectivity index (χ0) is 34.5. The molecule has 0 radical (unpaired) electrons. The van der Waals surface area contributed by atoms with Crippen LogP contribution in [0.25, 0.3) is 10.9 Å². The van der Waals surface area contributed by atoms with Gasteiger partial charge in [0.25, 0.3) is 0 Å². The number of nitrogens with one attached hydrogen (secondary N) is 2. The van der Waals surface area contributed by atoms with Crippen molar-refractivity contribution < 1.29 is 24.0 Å². The molecule has 11 nitrogen and oxygen atoms in total. The smallest absolute Gasteiger partial charge is 0.228 e. The molecule has 4 aliphatic rings. The second-order valence-corrected chi connectivity index (χ2v) is 15.6. The van der Waals surface area contributed by atoms with E-state index in [2.05, 4.69) is 35.4 Å². The van der Waals surface area contributed by atoms with Crippen LogP contribution in [0.15, 0.2) is 18.2 Å². The van der Waals surface area contributed by atoms with Crippen LogP contribution in [0.1, 0.15) is 83.0 Å². The Kier molecular flexibility index (Phi) is 9.10. The number of hydrogen-bond donors (Lipinski definition) is 2. The van der Waals surface area contributed by atoms with Gasteiger partial charge in [0.15, 0.2) is 0 Å². The van der Waals surface area contributed by atoms with Crippen molar-refractivity contribution in [2.24, 2.45) is 17.8 Å². The lowest BCUT2D eigenvalue weighted by atomic mass is 9.65. The number of nitrogens with zero attached hydrogens (tertiary/aromatic N) is 4. The van der Waals surface area contributed by atoms with E-state index in [9.17, 15) is 24.0 Å².